The van der Waals surface area contributed by atoms with Gasteiger partial charge in [0.1, 0.15) is 0 Å². The molecule has 1 atom stereocenters. The first-order valence-corrected chi connectivity index (χ1v) is 2.81. The van der Waals surface area contributed by atoms with E-state index in [4.69, 9.17) is 0 Å². The van der Waals surface area contributed by atoms with Crippen molar-refractivity contribution < 1.29 is 26.4 Å². The Morgan fingerprint density at radius 3 is 1.67 bits per heavy atom. The predicted octanol–water partition coefficient (Wildman–Crippen LogP) is 1.56. The average Bonchev–Trinajstić information content (AvgIpc) is 2.06. The quantitative estimate of drug-likeness (QED) is 0.328. The SMILES string of the molecule is CN1C(F)(F)C(F)N(F)C1(F)F. The highest BCUT2D eigenvalue weighted by atomic mass is 19.3. The number of rotatable bonds is 0. The van der Waals surface area contributed by atoms with Crippen LogP contribution in [0.2, 0.25) is 0 Å². The van der Waals surface area contributed by atoms with Gasteiger partial charge in [0.25, 0.3) is 6.30 Å². The summed E-state index contributed by atoms with van der Waals surface area (Å²) in [5.41, 5.74) is 0. The van der Waals surface area contributed by atoms with E-state index in [1.54, 1.807) is 0 Å². The normalized spacial score (nSPS) is 35.8. The number of likely N-dealkylation sites (N-methyl/N-ethyl adjacent to an activating group) is 1. The molecule has 72 valence electrons. The van der Waals surface area contributed by atoms with Crippen LogP contribution in [-0.4, -0.2) is 35.6 Å². The average molecular weight is 194 g/mol. The van der Waals surface area contributed by atoms with Gasteiger partial charge in [-0.25, -0.2) is 4.39 Å². The Kier molecular flexibility index (Phi) is 1.80. The molecule has 0 amide bonds. The van der Waals surface area contributed by atoms with E-state index < -0.39 is 28.5 Å². The molecular formula is C4H4F6N2. The van der Waals surface area contributed by atoms with Gasteiger partial charge in [-0.1, -0.05) is 0 Å². The zero-order chi connectivity index (χ0) is 9.73. The van der Waals surface area contributed by atoms with E-state index in [-0.39, 0.29) is 7.05 Å². The van der Waals surface area contributed by atoms with Crippen molar-refractivity contribution in [3.63, 3.8) is 0 Å². The van der Waals surface area contributed by atoms with E-state index in [1.165, 1.54) is 0 Å². The van der Waals surface area contributed by atoms with E-state index in [0.717, 1.165) is 0 Å². The van der Waals surface area contributed by atoms with Crippen molar-refractivity contribution in [1.82, 2.24) is 10.0 Å². The second-order valence-corrected chi connectivity index (χ2v) is 2.30. The van der Waals surface area contributed by atoms with Gasteiger partial charge in [-0.05, 0) is 12.2 Å². The van der Waals surface area contributed by atoms with Gasteiger partial charge >= 0.3 is 12.2 Å². The van der Waals surface area contributed by atoms with Crippen molar-refractivity contribution in [2.24, 2.45) is 0 Å². The lowest BCUT2D eigenvalue weighted by molar-refractivity contribution is -0.293. The third-order valence-electron chi connectivity index (χ3n) is 1.59. The smallest absolute Gasteiger partial charge is 0.219 e. The summed E-state index contributed by atoms with van der Waals surface area (Å²) >= 11 is 0. The second-order valence-electron chi connectivity index (χ2n) is 2.30. The molecule has 0 aromatic heterocycles. The van der Waals surface area contributed by atoms with Gasteiger partial charge in [0, 0.05) is 0 Å². The molecule has 1 fully saturated rings. The van der Waals surface area contributed by atoms with Gasteiger partial charge in [-0.15, -0.1) is 4.48 Å². The molecule has 1 aliphatic rings. The number of halogens is 6. The number of alkyl halides is 5. The molecule has 0 aromatic rings. The topological polar surface area (TPSA) is 6.48 Å². The fourth-order valence-corrected chi connectivity index (χ4v) is 0.755. The number of nitrogens with zero attached hydrogens (tertiary/aromatic N) is 2. The molecule has 12 heavy (non-hydrogen) atoms. The minimum atomic E-state index is -4.61. The predicted molar refractivity (Wildman–Crippen MR) is 25.5 cm³/mol. The third-order valence-corrected chi connectivity index (χ3v) is 1.59. The zero-order valence-electron chi connectivity index (χ0n) is 5.74. The molecule has 0 aliphatic carbocycles. The lowest BCUT2D eigenvalue weighted by atomic mass is 10.5. The van der Waals surface area contributed by atoms with Gasteiger partial charge in [0.05, 0.1) is 0 Å². The summed E-state index contributed by atoms with van der Waals surface area (Å²) in [6.07, 6.45) is -8.25. The molecule has 0 spiro atoms. The fraction of sp³-hybridized carbons (Fsp3) is 1.00. The first-order valence-electron chi connectivity index (χ1n) is 2.81. The van der Waals surface area contributed by atoms with Crippen molar-refractivity contribution in [3.05, 3.63) is 0 Å². The number of hydrogen-bond donors (Lipinski definition) is 0. The Hall–Kier alpha value is -0.500. The summed E-state index contributed by atoms with van der Waals surface area (Å²) in [6, 6.07) is -4.52. The van der Waals surface area contributed by atoms with E-state index in [0.29, 0.717) is 0 Å². The molecule has 0 aromatic carbocycles. The molecule has 1 heterocycles. The highest BCUT2D eigenvalue weighted by Gasteiger charge is 2.70. The van der Waals surface area contributed by atoms with Gasteiger partial charge in [-0.3, -0.25) is 0 Å². The molecule has 1 unspecified atom stereocenters. The van der Waals surface area contributed by atoms with Crippen LogP contribution in [0, 0.1) is 0 Å². The maximum absolute atomic E-state index is 12.3. The van der Waals surface area contributed by atoms with Crippen molar-refractivity contribution in [3.8, 4) is 0 Å². The van der Waals surface area contributed by atoms with Crippen LogP contribution in [0.15, 0.2) is 0 Å². The maximum Gasteiger partial charge on any atom is 0.402 e. The molecular weight excluding hydrogens is 190 g/mol. The first kappa shape index (κ1) is 9.59. The zero-order valence-corrected chi connectivity index (χ0v) is 5.74. The van der Waals surface area contributed by atoms with Crippen LogP contribution in [0.25, 0.3) is 0 Å². The minimum absolute atomic E-state index is 0.228. The monoisotopic (exact) mass is 194 g/mol. The molecule has 0 radical (unpaired) electrons. The summed E-state index contributed by atoms with van der Waals surface area (Å²) in [7, 11) is 0.228. The minimum Gasteiger partial charge on any atom is -0.219 e. The first-order chi connectivity index (χ1) is 5.22. The van der Waals surface area contributed by atoms with Crippen molar-refractivity contribution in [1.29, 1.82) is 0 Å². The molecule has 0 saturated carbocycles. The molecule has 1 rings (SSSR count). The molecule has 1 aliphatic heterocycles. The van der Waals surface area contributed by atoms with Gasteiger partial charge in [-0.2, -0.15) is 22.5 Å². The summed E-state index contributed by atoms with van der Waals surface area (Å²) < 4.78 is 73.2. The summed E-state index contributed by atoms with van der Waals surface area (Å²) in [6.45, 7) is 0. The number of hydrogen-bond acceptors (Lipinski definition) is 2. The summed E-state index contributed by atoms with van der Waals surface area (Å²) in [5, 5.41) is -1.81. The maximum atomic E-state index is 12.3. The third kappa shape index (κ3) is 0.908. The summed E-state index contributed by atoms with van der Waals surface area (Å²) in [5.74, 6) is 0. The van der Waals surface area contributed by atoms with Crippen LogP contribution < -0.4 is 0 Å². The van der Waals surface area contributed by atoms with Gasteiger partial charge < -0.3 is 0 Å². The van der Waals surface area contributed by atoms with E-state index in [1.807, 2.05) is 0 Å². The molecule has 8 heteroatoms. The lowest BCUT2D eigenvalue weighted by Gasteiger charge is -2.21. The van der Waals surface area contributed by atoms with Gasteiger partial charge in [0.2, 0.25) is 0 Å². The molecule has 0 N–H and O–H groups in total. The van der Waals surface area contributed by atoms with E-state index in [9.17, 15) is 26.4 Å². The largest absolute Gasteiger partial charge is 0.402 e. The fourth-order valence-electron chi connectivity index (χ4n) is 0.755. The molecule has 2 nitrogen and oxygen atoms in total. The van der Waals surface area contributed by atoms with E-state index >= 15 is 0 Å². The Balaban J connectivity index is 3.03. The molecule has 1 saturated heterocycles. The van der Waals surface area contributed by atoms with Crippen LogP contribution in [0.4, 0.5) is 26.4 Å². The van der Waals surface area contributed by atoms with E-state index in [2.05, 4.69) is 0 Å². The van der Waals surface area contributed by atoms with Crippen LogP contribution in [0.5, 0.6) is 0 Å². The van der Waals surface area contributed by atoms with Crippen LogP contribution in [0.1, 0.15) is 0 Å². The Morgan fingerprint density at radius 1 is 1.17 bits per heavy atom. The van der Waals surface area contributed by atoms with Crippen LogP contribution in [-0.2, 0) is 0 Å². The van der Waals surface area contributed by atoms with Crippen molar-refractivity contribution in [2.75, 3.05) is 7.05 Å². The summed E-state index contributed by atoms with van der Waals surface area (Å²) in [4.78, 5) is -0.968. The molecule has 0 bridgehead atoms. The standard InChI is InChI=1S/C4H4F6N2/c1-11-3(6,7)2(5)12(10)4(11,8)9/h2H,1H3. The van der Waals surface area contributed by atoms with Crippen LogP contribution >= 0.6 is 0 Å². The highest BCUT2D eigenvalue weighted by molar-refractivity contribution is 4.87. The van der Waals surface area contributed by atoms with Gasteiger partial charge in [0.15, 0.2) is 0 Å². The van der Waals surface area contributed by atoms with Crippen LogP contribution in [0.3, 0.4) is 0 Å². The van der Waals surface area contributed by atoms with Crippen molar-refractivity contribution >= 4 is 0 Å². The highest BCUT2D eigenvalue weighted by Crippen LogP contribution is 2.45. The Morgan fingerprint density at radius 2 is 1.58 bits per heavy atom. The Labute approximate surface area is 63.3 Å². The Bertz CT molecular complexity index is 174. The lowest BCUT2D eigenvalue weighted by Crippen LogP contribution is -2.45. The van der Waals surface area contributed by atoms with Crippen molar-refractivity contribution in [2.45, 2.75) is 18.5 Å². The second kappa shape index (κ2) is 2.25.